The van der Waals surface area contributed by atoms with Gasteiger partial charge in [-0.15, -0.1) is 0 Å². The number of benzene rings is 2. The normalized spacial score (nSPS) is 14.6. The maximum absolute atomic E-state index is 13.5. The minimum atomic E-state index is -4.00. The molecule has 7 nitrogen and oxygen atoms in total. The molecule has 34 heavy (non-hydrogen) atoms. The summed E-state index contributed by atoms with van der Waals surface area (Å²) in [4.78, 5) is 12.8. The van der Waals surface area contributed by atoms with Crippen LogP contribution in [0.25, 0.3) is 0 Å². The van der Waals surface area contributed by atoms with Crippen molar-refractivity contribution in [2.45, 2.75) is 56.4 Å². The van der Waals surface area contributed by atoms with E-state index in [2.05, 4.69) is 21.2 Å². The first kappa shape index (κ1) is 26.5. The van der Waals surface area contributed by atoms with E-state index in [0.717, 1.165) is 22.7 Å². The summed E-state index contributed by atoms with van der Waals surface area (Å²) in [6.45, 7) is 2.62. The number of hydrogen-bond donors (Lipinski definition) is 1. The Morgan fingerprint density at radius 2 is 1.82 bits per heavy atom. The van der Waals surface area contributed by atoms with Crippen molar-refractivity contribution < 1.29 is 22.7 Å². The molecule has 0 heterocycles. The van der Waals surface area contributed by atoms with Crippen LogP contribution in [0.2, 0.25) is 0 Å². The fraction of sp³-hybridized carbons (Fsp3) is 0.480. The number of carbonyl (C=O) groups excluding carboxylic acids is 1. The van der Waals surface area contributed by atoms with Crippen LogP contribution in [0, 0.1) is 6.92 Å². The van der Waals surface area contributed by atoms with Gasteiger partial charge in [0.2, 0.25) is 5.91 Å². The van der Waals surface area contributed by atoms with Crippen molar-refractivity contribution in [2.24, 2.45) is 0 Å². The highest BCUT2D eigenvalue weighted by atomic mass is 79.9. The van der Waals surface area contributed by atoms with Gasteiger partial charge in [-0.3, -0.25) is 9.10 Å². The van der Waals surface area contributed by atoms with Gasteiger partial charge in [-0.25, -0.2) is 8.42 Å². The molecule has 1 amide bonds. The van der Waals surface area contributed by atoms with E-state index in [1.807, 2.05) is 19.1 Å². The van der Waals surface area contributed by atoms with Gasteiger partial charge in [-0.1, -0.05) is 37.0 Å². The number of halogens is 1. The quantitative estimate of drug-likeness (QED) is 0.404. The topological polar surface area (TPSA) is 84.9 Å². The number of methoxy groups -OCH3 is 1. The number of anilines is 1. The molecule has 2 aromatic rings. The van der Waals surface area contributed by atoms with E-state index >= 15 is 0 Å². The van der Waals surface area contributed by atoms with E-state index in [1.165, 1.54) is 38.5 Å². The van der Waals surface area contributed by atoms with Crippen molar-refractivity contribution in [1.82, 2.24) is 5.32 Å². The van der Waals surface area contributed by atoms with Crippen molar-refractivity contribution in [2.75, 3.05) is 31.1 Å². The van der Waals surface area contributed by atoms with Gasteiger partial charge in [-0.05, 0) is 72.4 Å². The highest BCUT2D eigenvalue weighted by Gasteiger charge is 2.28. The molecule has 2 aromatic carbocycles. The van der Waals surface area contributed by atoms with Crippen LogP contribution in [0.1, 0.15) is 44.1 Å². The van der Waals surface area contributed by atoms with Gasteiger partial charge in [0, 0.05) is 13.2 Å². The average molecular weight is 554 g/mol. The Labute approximate surface area is 211 Å². The SMILES string of the molecule is COc1ccc(S(=O)(=O)N(CC(=O)NCCCOC2CCCCC2)c2ccc(C)cc2)cc1Br. The summed E-state index contributed by atoms with van der Waals surface area (Å²) in [6, 6.07) is 11.6. The number of nitrogens with zero attached hydrogens (tertiary/aromatic N) is 1. The van der Waals surface area contributed by atoms with Gasteiger partial charge in [0.25, 0.3) is 10.0 Å². The van der Waals surface area contributed by atoms with Crippen molar-refractivity contribution in [3.05, 3.63) is 52.5 Å². The van der Waals surface area contributed by atoms with Crippen LogP contribution < -0.4 is 14.4 Å². The lowest BCUT2D eigenvalue weighted by Gasteiger charge is -2.25. The number of amides is 1. The number of nitrogens with one attached hydrogen (secondary N) is 1. The molecule has 0 spiro atoms. The highest BCUT2D eigenvalue weighted by Crippen LogP contribution is 2.30. The highest BCUT2D eigenvalue weighted by molar-refractivity contribution is 9.10. The molecule has 0 saturated heterocycles. The molecule has 1 N–H and O–H groups in total. The Bertz CT molecular complexity index is 1050. The van der Waals surface area contributed by atoms with Crippen LogP contribution in [0.3, 0.4) is 0 Å². The predicted molar refractivity (Wildman–Crippen MR) is 137 cm³/mol. The Morgan fingerprint density at radius 1 is 1.12 bits per heavy atom. The van der Waals surface area contributed by atoms with E-state index in [0.29, 0.717) is 41.6 Å². The van der Waals surface area contributed by atoms with Crippen LogP contribution in [0.5, 0.6) is 5.75 Å². The largest absolute Gasteiger partial charge is 0.496 e. The molecule has 1 fully saturated rings. The fourth-order valence-corrected chi connectivity index (χ4v) is 6.07. The van der Waals surface area contributed by atoms with E-state index in [-0.39, 0.29) is 17.3 Å². The van der Waals surface area contributed by atoms with Crippen molar-refractivity contribution >= 4 is 37.5 Å². The van der Waals surface area contributed by atoms with Gasteiger partial charge < -0.3 is 14.8 Å². The van der Waals surface area contributed by atoms with E-state index in [4.69, 9.17) is 9.47 Å². The molecule has 0 aromatic heterocycles. The molecule has 0 unspecified atom stereocenters. The first-order valence-electron chi connectivity index (χ1n) is 11.6. The second kappa shape index (κ2) is 12.6. The first-order valence-corrected chi connectivity index (χ1v) is 13.9. The molecule has 3 rings (SSSR count). The van der Waals surface area contributed by atoms with Gasteiger partial charge in [0.15, 0.2) is 0 Å². The van der Waals surface area contributed by atoms with Crippen molar-refractivity contribution in [3.8, 4) is 5.75 Å². The molecule has 1 aliphatic carbocycles. The standard InChI is InChI=1S/C25H33BrN2O5S/c1-19-9-11-20(12-10-19)28(34(30,31)22-13-14-24(32-2)23(26)17-22)18-25(29)27-15-6-16-33-21-7-4-3-5-8-21/h9-14,17,21H,3-8,15-16,18H2,1-2H3,(H,27,29). The van der Waals surface area contributed by atoms with Crippen LogP contribution in [-0.2, 0) is 19.6 Å². The number of hydrogen-bond acceptors (Lipinski definition) is 5. The van der Waals surface area contributed by atoms with Gasteiger partial charge in [0.05, 0.1) is 28.3 Å². The third kappa shape index (κ3) is 7.20. The first-order chi connectivity index (χ1) is 16.3. The Morgan fingerprint density at radius 3 is 2.47 bits per heavy atom. The second-order valence-electron chi connectivity index (χ2n) is 8.48. The third-order valence-corrected chi connectivity index (χ3v) is 8.26. The van der Waals surface area contributed by atoms with Crippen LogP contribution >= 0.6 is 15.9 Å². The van der Waals surface area contributed by atoms with Gasteiger partial charge in [-0.2, -0.15) is 0 Å². The summed E-state index contributed by atoms with van der Waals surface area (Å²) in [5.74, 6) is 0.156. The fourth-order valence-electron chi connectivity index (χ4n) is 3.93. The zero-order valence-corrected chi connectivity index (χ0v) is 22.2. The molecule has 1 aliphatic rings. The Hall–Kier alpha value is -2.10. The lowest BCUT2D eigenvalue weighted by atomic mass is 9.98. The second-order valence-corrected chi connectivity index (χ2v) is 11.2. The number of rotatable bonds is 11. The number of aryl methyl sites for hydroxylation is 1. The molecular formula is C25H33BrN2O5S. The van der Waals surface area contributed by atoms with Gasteiger partial charge >= 0.3 is 0 Å². The molecule has 0 atom stereocenters. The number of ether oxygens (including phenoxy) is 2. The number of sulfonamides is 1. The molecule has 9 heteroatoms. The monoisotopic (exact) mass is 552 g/mol. The molecule has 0 aliphatic heterocycles. The van der Waals surface area contributed by atoms with Crippen LogP contribution in [0.4, 0.5) is 5.69 Å². The summed E-state index contributed by atoms with van der Waals surface area (Å²) >= 11 is 3.34. The van der Waals surface area contributed by atoms with Crippen molar-refractivity contribution in [3.63, 3.8) is 0 Å². The van der Waals surface area contributed by atoms with E-state index in [9.17, 15) is 13.2 Å². The smallest absolute Gasteiger partial charge is 0.264 e. The Balaban J connectivity index is 1.66. The summed E-state index contributed by atoms with van der Waals surface area (Å²) < 4.78 is 39.8. The third-order valence-electron chi connectivity index (χ3n) is 5.87. The van der Waals surface area contributed by atoms with Crippen molar-refractivity contribution in [1.29, 1.82) is 0 Å². The summed E-state index contributed by atoms with van der Waals surface area (Å²) in [5, 5.41) is 2.83. The molecule has 0 bridgehead atoms. The molecule has 1 saturated carbocycles. The van der Waals surface area contributed by atoms with E-state index in [1.54, 1.807) is 18.2 Å². The maximum atomic E-state index is 13.5. The zero-order chi connectivity index (χ0) is 24.6. The maximum Gasteiger partial charge on any atom is 0.264 e. The minimum absolute atomic E-state index is 0.0643. The Kier molecular flexibility index (Phi) is 9.79. The summed E-state index contributed by atoms with van der Waals surface area (Å²) in [5.41, 5.74) is 1.42. The summed E-state index contributed by atoms with van der Waals surface area (Å²) in [6.07, 6.45) is 6.95. The van der Waals surface area contributed by atoms with Crippen LogP contribution in [-0.4, -0.2) is 47.2 Å². The summed E-state index contributed by atoms with van der Waals surface area (Å²) in [7, 11) is -2.49. The lowest BCUT2D eigenvalue weighted by molar-refractivity contribution is -0.119. The minimum Gasteiger partial charge on any atom is -0.496 e. The molecule has 186 valence electrons. The molecular weight excluding hydrogens is 520 g/mol. The zero-order valence-electron chi connectivity index (χ0n) is 19.8. The lowest BCUT2D eigenvalue weighted by Crippen LogP contribution is -2.41. The number of carbonyl (C=O) groups is 1. The molecule has 0 radical (unpaired) electrons. The van der Waals surface area contributed by atoms with Gasteiger partial charge in [0.1, 0.15) is 12.3 Å². The van der Waals surface area contributed by atoms with E-state index < -0.39 is 10.0 Å². The predicted octanol–water partition coefficient (Wildman–Crippen LogP) is 4.82. The van der Waals surface area contributed by atoms with Crippen LogP contribution in [0.15, 0.2) is 51.8 Å². The average Bonchev–Trinajstić information content (AvgIpc) is 2.83.